The quantitative estimate of drug-likeness (QED) is 0.650. The van der Waals surface area contributed by atoms with Gasteiger partial charge in [-0.15, -0.1) is 0 Å². The normalized spacial score (nSPS) is 10.3. The van der Waals surface area contributed by atoms with E-state index >= 15 is 0 Å². The van der Waals surface area contributed by atoms with Crippen molar-refractivity contribution in [2.45, 2.75) is 39.7 Å². The number of hydrogen-bond donors (Lipinski definition) is 0. The third-order valence-corrected chi connectivity index (χ3v) is 2.23. The molecule has 0 fully saturated rings. The van der Waals surface area contributed by atoms with E-state index in [2.05, 4.69) is 11.5 Å². The fraction of sp³-hybridized carbons (Fsp3) is 0.545. The molecule has 0 aromatic carbocycles. The maximum atomic E-state index is 11.0. The van der Waals surface area contributed by atoms with E-state index in [0.717, 1.165) is 12.2 Å². The second-order valence-electron chi connectivity index (χ2n) is 3.40. The molecule has 2 heteroatoms. The summed E-state index contributed by atoms with van der Waals surface area (Å²) >= 11 is 0. The van der Waals surface area contributed by atoms with Gasteiger partial charge in [0.15, 0.2) is 5.43 Å². The van der Waals surface area contributed by atoms with Crippen LogP contribution >= 0.6 is 0 Å². The number of hydrogen-bond acceptors (Lipinski definition) is 1. The van der Waals surface area contributed by atoms with Gasteiger partial charge in [0.25, 0.3) is 0 Å². The largest absolute Gasteiger partial charge is 0.351 e. The van der Waals surface area contributed by atoms with Crippen molar-refractivity contribution >= 4 is 0 Å². The minimum Gasteiger partial charge on any atom is -0.351 e. The van der Waals surface area contributed by atoms with E-state index in [1.54, 1.807) is 12.1 Å². The average Bonchev–Trinajstić information content (AvgIpc) is 2.09. The maximum Gasteiger partial charge on any atom is 0.181 e. The summed E-state index contributed by atoms with van der Waals surface area (Å²) in [6.07, 6.45) is 5.57. The average molecular weight is 179 g/mol. The van der Waals surface area contributed by atoms with Gasteiger partial charge in [0.05, 0.1) is 0 Å². The van der Waals surface area contributed by atoms with E-state index in [4.69, 9.17) is 0 Å². The van der Waals surface area contributed by atoms with Crippen LogP contribution in [0.4, 0.5) is 0 Å². The van der Waals surface area contributed by atoms with E-state index in [1.807, 2.05) is 13.1 Å². The molecule has 0 aliphatic heterocycles. The summed E-state index contributed by atoms with van der Waals surface area (Å²) in [6, 6.07) is 3.31. The molecule has 0 aliphatic carbocycles. The van der Waals surface area contributed by atoms with Gasteiger partial charge in [-0.3, -0.25) is 4.79 Å². The van der Waals surface area contributed by atoms with Crippen molar-refractivity contribution in [2.24, 2.45) is 0 Å². The van der Waals surface area contributed by atoms with Gasteiger partial charge in [0, 0.05) is 30.6 Å². The van der Waals surface area contributed by atoms with Gasteiger partial charge in [0.1, 0.15) is 0 Å². The molecule has 0 saturated heterocycles. The molecule has 13 heavy (non-hydrogen) atoms. The summed E-state index contributed by atoms with van der Waals surface area (Å²) in [6.45, 7) is 5.20. The van der Waals surface area contributed by atoms with E-state index in [9.17, 15) is 4.79 Å². The van der Waals surface area contributed by atoms with Gasteiger partial charge < -0.3 is 4.57 Å². The Balaban J connectivity index is 2.61. The van der Waals surface area contributed by atoms with E-state index in [-0.39, 0.29) is 5.43 Å². The summed E-state index contributed by atoms with van der Waals surface area (Å²) in [5.74, 6) is 0. The summed E-state index contributed by atoms with van der Waals surface area (Å²) in [7, 11) is 0. The molecule has 0 radical (unpaired) electrons. The molecule has 1 aromatic rings. The van der Waals surface area contributed by atoms with Crippen LogP contribution in [0.25, 0.3) is 0 Å². The number of aromatic nitrogens is 1. The van der Waals surface area contributed by atoms with Crippen LogP contribution in [-0.2, 0) is 6.54 Å². The smallest absolute Gasteiger partial charge is 0.181 e. The molecule has 0 atom stereocenters. The number of nitrogens with zero attached hydrogens (tertiary/aromatic N) is 1. The lowest BCUT2D eigenvalue weighted by Crippen LogP contribution is -2.08. The van der Waals surface area contributed by atoms with Crippen LogP contribution in [0.15, 0.2) is 23.1 Å². The Morgan fingerprint density at radius 1 is 1.38 bits per heavy atom. The van der Waals surface area contributed by atoms with Crippen molar-refractivity contribution in [3.63, 3.8) is 0 Å². The molecular weight excluding hydrogens is 162 g/mol. The van der Waals surface area contributed by atoms with Crippen LogP contribution in [-0.4, -0.2) is 4.57 Å². The van der Waals surface area contributed by atoms with Crippen LogP contribution in [0.1, 0.15) is 31.9 Å². The fourth-order valence-corrected chi connectivity index (χ4v) is 1.40. The van der Waals surface area contributed by atoms with Crippen LogP contribution < -0.4 is 5.43 Å². The lowest BCUT2D eigenvalue weighted by atomic mass is 10.2. The Bertz CT molecular complexity index is 314. The molecule has 0 aliphatic rings. The van der Waals surface area contributed by atoms with Crippen LogP contribution in [0, 0.1) is 6.92 Å². The molecule has 0 saturated carbocycles. The predicted molar refractivity (Wildman–Crippen MR) is 55.0 cm³/mol. The molecule has 0 bridgehead atoms. The Morgan fingerprint density at radius 3 is 2.77 bits per heavy atom. The van der Waals surface area contributed by atoms with Crippen molar-refractivity contribution in [3.8, 4) is 0 Å². The molecule has 1 rings (SSSR count). The first kappa shape index (κ1) is 10.0. The van der Waals surface area contributed by atoms with Crippen LogP contribution in [0.3, 0.4) is 0 Å². The van der Waals surface area contributed by atoms with Crippen LogP contribution in [0.5, 0.6) is 0 Å². The van der Waals surface area contributed by atoms with Gasteiger partial charge in [-0.2, -0.15) is 0 Å². The van der Waals surface area contributed by atoms with Gasteiger partial charge in [-0.25, -0.2) is 0 Å². The zero-order valence-electron chi connectivity index (χ0n) is 8.42. The highest BCUT2D eigenvalue weighted by Gasteiger charge is 1.94. The Hall–Kier alpha value is -1.05. The maximum absolute atomic E-state index is 11.0. The predicted octanol–water partition coefficient (Wildman–Crippen LogP) is 2.35. The first-order valence-electron chi connectivity index (χ1n) is 4.91. The minimum atomic E-state index is 0.101. The highest BCUT2D eigenvalue weighted by Crippen LogP contribution is 2.00. The molecule has 2 nitrogen and oxygen atoms in total. The second kappa shape index (κ2) is 4.85. The van der Waals surface area contributed by atoms with Gasteiger partial charge >= 0.3 is 0 Å². The SMILES string of the molecule is CCCCCn1ccc(=O)cc1C. The summed E-state index contributed by atoms with van der Waals surface area (Å²) < 4.78 is 2.14. The summed E-state index contributed by atoms with van der Waals surface area (Å²) in [5, 5.41) is 0. The van der Waals surface area contributed by atoms with Crippen molar-refractivity contribution in [2.75, 3.05) is 0 Å². The third-order valence-electron chi connectivity index (χ3n) is 2.23. The number of rotatable bonds is 4. The van der Waals surface area contributed by atoms with Crippen molar-refractivity contribution in [1.29, 1.82) is 0 Å². The van der Waals surface area contributed by atoms with Gasteiger partial charge in [-0.05, 0) is 13.3 Å². The van der Waals surface area contributed by atoms with E-state index in [0.29, 0.717) is 0 Å². The number of pyridine rings is 1. The highest BCUT2D eigenvalue weighted by atomic mass is 16.1. The molecule has 0 amide bonds. The number of aryl methyl sites for hydroxylation is 2. The van der Waals surface area contributed by atoms with Crippen LogP contribution in [0.2, 0.25) is 0 Å². The Morgan fingerprint density at radius 2 is 2.15 bits per heavy atom. The molecule has 1 aromatic heterocycles. The Kier molecular flexibility index (Phi) is 3.74. The zero-order valence-corrected chi connectivity index (χ0v) is 8.42. The molecule has 0 unspecified atom stereocenters. The summed E-state index contributed by atoms with van der Waals surface area (Å²) in [4.78, 5) is 11.0. The lowest BCUT2D eigenvalue weighted by molar-refractivity contribution is 0.588. The second-order valence-corrected chi connectivity index (χ2v) is 3.40. The monoisotopic (exact) mass is 179 g/mol. The Labute approximate surface area is 79.2 Å². The molecular formula is C11H17NO. The highest BCUT2D eigenvalue weighted by molar-refractivity contribution is 5.04. The molecule has 0 spiro atoms. The topological polar surface area (TPSA) is 22.0 Å². The molecule has 1 heterocycles. The number of unbranched alkanes of at least 4 members (excludes halogenated alkanes) is 2. The van der Waals surface area contributed by atoms with Gasteiger partial charge in [-0.1, -0.05) is 19.8 Å². The van der Waals surface area contributed by atoms with E-state index in [1.165, 1.54) is 19.3 Å². The molecule has 72 valence electrons. The minimum absolute atomic E-state index is 0.101. The standard InChI is InChI=1S/C11H17NO/c1-3-4-5-7-12-8-6-11(13)9-10(12)2/h6,8-9H,3-5,7H2,1-2H3. The van der Waals surface area contributed by atoms with Crippen molar-refractivity contribution in [3.05, 3.63) is 34.2 Å². The van der Waals surface area contributed by atoms with E-state index < -0.39 is 0 Å². The zero-order chi connectivity index (χ0) is 9.68. The van der Waals surface area contributed by atoms with Crippen molar-refractivity contribution in [1.82, 2.24) is 4.57 Å². The molecule has 0 N–H and O–H groups in total. The third kappa shape index (κ3) is 3.05. The summed E-state index contributed by atoms with van der Waals surface area (Å²) in [5.41, 5.74) is 1.16. The van der Waals surface area contributed by atoms with Crippen molar-refractivity contribution < 1.29 is 0 Å². The first-order chi connectivity index (χ1) is 6.24. The van der Waals surface area contributed by atoms with Gasteiger partial charge in [0.2, 0.25) is 0 Å². The fourth-order valence-electron chi connectivity index (χ4n) is 1.40. The lowest BCUT2D eigenvalue weighted by Gasteiger charge is -2.08. The first-order valence-corrected chi connectivity index (χ1v) is 4.91.